The molecule has 4 heterocycles. The minimum atomic E-state index is -0.398. The zero-order chi connectivity index (χ0) is 47.7. The second kappa shape index (κ2) is 24.7. The van der Waals surface area contributed by atoms with E-state index < -0.39 is 5.91 Å². The number of morpholine rings is 2. The lowest BCUT2D eigenvalue weighted by Crippen LogP contribution is -2.40. The number of piperidine rings is 1. The molecule has 3 N–H and O–H groups in total. The van der Waals surface area contributed by atoms with Gasteiger partial charge in [0.2, 0.25) is 5.91 Å². The Balaban J connectivity index is 0.000000198. The van der Waals surface area contributed by atoms with E-state index in [4.69, 9.17) is 34.5 Å². The molecule has 15 nitrogen and oxygen atoms in total. The summed E-state index contributed by atoms with van der Waals surface area (Å²) in [6, 6.07) is 25.4. The number of aromatic hydroxyl groups is 1. The molecule has 3 saturated heterocycles. The van der Waals surface area contributed by atoms with Crippen LogP contribution in [0.25, 0.3) is 10.9 Å². The average Bonchev–Trinajstić information content (AvgIpc) is 3.80. The van der Waals surface area contributed by atoms with Gasteiger partial charge in [-0.25, -0.2) is 4.79 Å². The van der Waals surface area contributed by atoms with Crippen LogP contribution in [0.15, 0.2) is 104 Å². The van der Waals surface area contributed by atoms with Gasteiger partial charge >= 0.3 is 5.97 Å². The number of carbonyl (C=O) groups is 4. The Labute approximate surface area is 392 Å². The Hall–Kier alpha value is -6.68. The second-order valence-electron chi connectivity index (χ2n) is 16.3. The van der Waals surface area contributed by atoms with Crippen molar-refractivity contribution in [2.24, 2.45) is 5.73 Å². The summed E-state index contributed by atoms with van der Waals surface area (Å²) in [6.07, 6.45) is 7.52. The van der Waals surface area contributed by atoms with Crippen LogP contribution in [0.3, 0.4) is 0 Å². The van der Waals surface area contributed by atoms with Crippen molar-refractivity contribution in [1.82, 2.24) is 19.3 Å². The molecule has 1 aromatic heterocycles. The summed E-state index contributed by atoms with van der Waals surface area (Å²) >= 11 is 0. The van der Waals surface area contributed by atoms with Gasteiger partial charge in [0.15, 0.2) is 0 Å². The van der Waals surface area contributed by atoms with E-state index >= 15 is 0 Å². The molecular weight excluding hydrogens is 855 g/mol. The minimum Gasteiger partial charge on any atom is -0.508 e. The highest BCUT2D eigenvalue weighted by atomic mass is 16.5. The number of primary amides is 1. The number of nitrogens with two attached hydrogens (primary N) is 1. The van der Waals surface area contributed by atoms with Crippen molar-refractivity contribution in [2.75, 3.05) is 93.1 Å². The van der Waals surface area contributed by atoms with Gasteiger partial charge in [0, 0.05) is 80.3 Å². The summed E-state index contributed by atoms with van der Waals surface area (Å²) in [5.41, 5.74) is 11.0. The number of hydrogen-bond donors (Lipinski definition) is 2. The molecule has 3 fully saturated rings. The van der Waals surface area contributed by atoms with Gasteiger partial charge in [0.25, 0.3) is 11.8 Å². The summed E-state index contributed by atoms with van der Waals surface area (Å²) < 4.78 is 28.6. The first-order valence-corrected chi connectivity index (χ1v) is 22.8. The number of fused-ring (bicyclic) bond motifs is 1. The molecule has 3 amide bonds. The highest BCUT2D eigenvalue weighted by Crippen LogP contribution is 2.30. The van der Waals surface area contributed by atoms with Crippen molar-refractivity contribution in [3.8, 4) is 17.2 Å². The number of carbonyl (C=O) groups excluding carboxylic acids is 4. The summed E-state index contributed by atoms with van der Waals surface area (Å²) in [7, 11) is 3.31. The number of phenolic OH excluding ortho intramolecular Hbond substituents is 1. The molecule has 0 bridgehead atoms. The van der Waals surface area contributed by atoms with Crippen molar-refractivity contribution in [3.05, 3.63) is 137 Å². The number of aromatic nitrogens is 1. The fourth-order valence-electron chi connectivity index (χ4n) is 8.36. The zero-order valence-corrected chi connectivity index (χ0v) is 38.8. The zero-order valence-electron chi connectivity index (χ0n) is 38.8. The second-order valence-corrected chi connectivity index (χ2v) is 16.3. The van der Waals surface area contributed by atoms with Gasteiger partial charge in [-0.05, 0) is 128 Å². The van der Waals surface area contributed by atoms with Crippen LogP contribution >= 0.6 is 0 Å². The third kappa shape index (κ3) is 13.5. The molecule has 5 aromatic rings. The van der Waals surface area contributed by atoms with E-state index in [1.165, 1.54) is 24.3 Å². The lowest BCUT2D eigenvalue weighted by Gasteiger charge is -2.33. The van der Waals surface area contributed by atoms with E-state index in [2.05, 4.69) is 28.3 Å². The number of esters is 1. The minimum absolute atomic E-state index is 0.0521. The predicted octanol–water partition coefficient (Wildman–Crippen LogP) is 6.57. The first kappa shape index (κ1) is 49.7. The van der Waals surface area contributed by atoms with E-state index in [1.54, 1.807) is 33.3 Å². The molecule has 4 aromatic carbocycles. The normalized spacial score (nSPS) is 15.3. The van der Waals surface area contributed by atoms with Crippen LogP contribution in [0.5, 0.6) is 17.2 Å². The van der Waals surface area contributed by atoms with Crippen LogP contribution in [0, 0.1) is 0 Å². The van der Waals surface area contributed by atoms with Crippen LogP contribution in [0.1, 0.15) is 78.4 Å². The standard InChI is InChI=1S/C28H34N4O4.C15H19NO3.C9H10O3/c1-35-26-5-4-23(28(34)31-14-16-36-17-15-31)18-21(26)6-10-30-11-8-24(9-12-30)32-13-7-20-2-3-22(27(29)33)19-25(20)32;1-3-4-12-11-13(5-6-14(12)18-2)15(17)16-7-9-19-10-8-16;1-2-12-9(11)7-3-5-8(10)6-4-7/h2-5,7,13,18-19,24H,6,8-12,14-17H2,1H3,(H2,29,33);3,5-6,11H,1,4,7-10H2,2H3;3-6,10H,2H2,1H3. The van der Waals surface area contributed by atoms with Gasteiger partial charge in [0.05, 0.1) is 52.8 Å². The van der Waals surface area contributed by atoms with E-state index in [-0.39, 0.29) is 23.5 Å². The van der Waals surface area contributed by atoms with Gasteiger partial charge in [-0.15, -0.1) is 6.58 Å². The summed E-state index contributed by atoms with van der Waals surface area (Å²) in [4.78, 5) is 54.2. The Kier molecular flexibility index (Phi) is 18.4. The topological polar surface area (TPSA) is 175 Å². The SMILES string of the molecule is C=CCc1cc(C(=O)N2CCOCC2)ccc1OC.CCOC(=O)c1ccc(O)cc1.COc1ccc(C(=O)N2CCOCC2)cc1CCN1CCC(n2ccc3ccc(C(N)=O)cc32)CC1. The molecule has 0 atom stereocenters. The highest BCUT2D eigenvalue weighted by Gasteiger charge is 2.24. The molecule has 0 unspecified atom stereocenters. The molecule has 0 aliphatic carbocycles. The van der Waals surface area contributed by atoms with E-state index in [0.29, 0.717) is 93.9 Å². The first-order valence-electron chi connectivity index (χ1n) is 22.8. The third-order valence-corrected chi connectivity index (χ3v) is 12.0. The summed E-state index contributed by atoms with van der Waals surface area (Å²) in [5, 5.41) is 10.0. The lowest BCUT2D eigenvalue weighted by molar-refractivity contribution is 0.0301. The average molecular weight is 918 g/mol. The number of hydrogen-bond acceptors (Lipinski definition) is 11. The van der Waals surface area contributed by atoms with Crippen LogP contribution in [0.2, 0.25) is 0 Å². The van der Waals surface area contributed by atoms with E-state index in [0.717, 1.165) is 72.4 Å². The molecule has 0 spiro atoms. The summed E-state index contributed by atoms with van der Waals surface area (Å²) in [5.74, 6) is 1.11. The molecule has 3 aliphatic rings. The van der Waals surface area contributed by atoms with Gasteiger partial charge in [0.1, 0.15) is 17.2 Å². The number of rotatable bonds is 13. The predicted molar refractivity (Wildman–Crippen MR) is 256 cm³/mol. The number of nitrogens with zero attached hydrogens (tertiary/aromatic N) is 4. The van der Waals surface area contributed by atoms with Crippen molar-refractivity contribution < 1.29 is 48.0 Å². The smallest absolute Gasteiger partial charge is 0.338 e. The number of amides is 3. The van der Waals surface area contributed by atoms with Gasteiger partial charge in [-0.2, -0.15) is 0 Å². The molecule has 0 saturated carbocycles. The number of likely N-dealkylation sites (tertiary alicyclic amines) is 1. The number of benzene rings is 4. The monoisotopic (exact) mass is 917 g/mol. The maximum absolute atomic E-state index is 12.9. The largest absolute Gasteiger partial charge is 0.508 e. The Bertz CT molecular complexity index is 2450. The molecule has 8 rings (SSSR count). The van der Waals surface area contributed by atoms with E-state index in [1.807, 2.05) is 58.3 Å². The molecule has 356 valence electrons. The molecule has 3 aliphatic heterocycles. The molecular formula is C52H63N5O10. The van der Waals surface area contributed by atoms with E-state index in [9.17, 15) is 19.2 Å². The van der Waals surface area contributed by atoms with Crippen LogP contribution in [-0.2, 0) is 27.1 Å². The fraction of sp³-hybridized carbons (Fsp3) is 0.385. The fourth-order valence-corrected chi connectivity index (χ4v) is 8.36. The first-order chi connectivity index (χ1) is 32.5. The number of allylic oxidation sites excluding steroid dienone is 1. The lowest BCUT2D eigenvalue weighted by atomic mass is 10.0. The number of methoxy groups -OCH3 is 2. The Morgan fingerprint density at radius 3 is 1.79 bits per heavy atom. The molecule has 0 radical (unpaired) electrons. The van der Waals surface area contributed by atoms with Crippen LogP contribution < -0.4 is 15.2 Å². The Morgan fingerprint density at radius 1 is 0.716 bits per heavy atom. The number of ether oxygens (including phenoxy) is 5. The molecule has 15 heteroatoms. The van der Waals surface area contributed by atoms with Crippen LogP contribution in [0.4, 0.5) is 0 Å². The van der Waals surface area contributed by atoms with Crippen LogP contribution in [-0.4, -0.2) is 141 Å². The van der Waals surface area contributed by atoms with Crippen molar-refractivity contribution >= 4 is 34.6 Å². The molecule has 67 heavy (non-hydrogen) atoms. The van der Waals surface area contributed by atoms with Crippen molar-refractivity contribution in [2.45, 2.75) is 38.6 Å². The third-order valence-electron chi connectivity index (χ3n) is 12.0. The highest BCUT2D eigenvalue weighted by molar-refractivity contribution is 5.97. The quantitative estimate of drug-likeness (QED) is 0.0967. The number of phenols is 1. The van der Waals surface area contributed by atoms with Gasteiger partial charge < -0.3 is 53.8 Å². The van der Waals surface area contributed by atoms with Gasteiger partial charge in [-0.3, -0.25) is 14.4 Å². The van der Waals surface area contributed by atoms with Crippen molar-refractivity contribution in [1.29, 1.82) is 0 Å². The maximum atomic E-state index is 12.9. The Morgan fingerprint density at radius 2 is 1.25 bits per heavy atom. The van der Waals surface area contributed by atoms with Gasteiger partial charge in [-0.1, -0.05) is 12.1 Å². The summed E-state index contributed by atoms with van der Waals surface area (Å²) in [6.45, 7) is 13.7. The maximum Gasteiger partial charge on any atom is 0.338 e. The van der Waals surface area contributed by atoms with Crippen molar-refractivity contribution in [3.63, 3.8) is 0 Å².